The Balaban J connectivity index is 1.28. The number of rotatable bonds is 6. The van der Waals surface area contributed by atoms with E-state index < -0.39 is 0 Å². The highest BCUT2D eigenvalue weighted by atomic mass is 16.6. The molecule has 0 radical (unpaired) electrons. The number of hydrogen-bond donors (Lipinski definition) is 1. The first kappa shape index (κ1) is 20.6. The Bertz CT molecular complexity index is 1090. The molecule has 166 valence electrons. The molecule has 0 saturated carbocycles. The van der Waals surface area contributed by atoms with Crippen LogP contribution >= 0.6 is 0 Å². The summed E-state index contributed by atoms with van der Waals surface area (Å²) in [7, 11) is 0. The fourth-order valence-corrected chi connectivity index (χ4v) is 4.29. The number of ether oxygens (including phenoxy) is 2. The lowest BCUT2D eigenvalue weighted by atomic mass is 10.0. The molecule has 1 N–H and O–H groups in total. The molecule has 7 nitrogen and oxygen atoms in total. The van der Waals surface area contributed by atoms with Gasteiger partial charge in [-0.05, 0) is 56.6 Å². The Labute approximate surface area is 187 Å². The summed E-state index contributed by atoms with van der Waals surface area (Å²) in [5.74, 6) is 1.65. The highest BCUT2D eigenvalue weighted by Gasteiger charge is 2.25. The number of benzene rings is 2. The predicted molar refractivity (Wildman–Crippen MR) is 120 cm³/mol. The third kappa shape index (κ3) is 4.34. The molecule has 7 heteroatoms. The van der Waals surface area contributed by atoms with Crippen LogP contribution in [0.5, 0.6) is 11.5 Å². The van der Waals surface area contributed by atoms with Gasteiger partial charge in [-0.1, -0.05) is 35.0 Å². The van der Waals surface area contributed by atoms with Crippen LogP contribution in [0.25, 0.3) is 11.3 Å². The van der Waals surface area contributed by atoms with Crippen molar-refractivity contribution < 1.29 is 18.8 Å². The van der Waals surface area contributed by atoms with Crippen LogP contribution in [0, 0.1) is 6.92 Å². The van der Waals surface area contributed by atoms with E-state index in [1.54, 1.807) is 6.07 Å². The number of carbonyl (C=O) groups is 1. The average molecular weight is 434 g/mol. The number of aromatic nitrogens is 1. The van der Waals surface area contributed by atoms with Crippen molar-refractivity contribution in [3.63, 3.8) is 0 Å². The van der Waals surface area contributed by atoms with E-state index in [4.69, 9.17) is 14.0 Å². The molecule has 1 unspecified atom stereocenters. The molecule has 2 aliphatic rings. The number of likely N-dealkylation sites (tertiary alicyclic amines) is 1. The zero-order valence-corrected chi connectivity index (χ0v) is 18.2. The molecule has 0 aliphatic carbocycles. The third-order valence-corrected chi connectivity index (χ3v) is 6.07. The molecule has 2 aromatic carbocycles. The summed E-state index contributed by atoms with van der Waals surface area (Å²) < 4.78 is 16.6. The average Bonchev–Trinajstić information content (AvgIpc) is 3.53. The summed E-state index contributed by atoms with van der Waals surface area (Å²) >= 11 is 0. The third-order valence-electron chi connectivity index (χ3n) is 6.07. The van der Waals surface area contributed by atoms with Gasteiger partial charge in [-0.15, -0.1) is 0 Å². The van der Waals surface area contributed by atoms with Gasteiger partial charge in [0.1, 0.15) is 13.2 Å². The van der Waals surface area contributed by atoms with Gasteiger partial charge in [0.15, 0.2) is 23.0 Å². The Morgan fingerprint density at radius 2 is 1.78 bits per heavy atom. The molecule has 1 fully saturated rings. The lowest BCUT2D eigenvalue weighted by Gasteiger charge is -2.28. The van der Waals surface area contributed by atoms with E-state index in [0.29, 0.717) is 37.0 Å². The van der Waals surface area contributed by atoms with E-state index in [1.807, 2.05) is 18.2 Å². The topological polar surface area (TPSA) is 76.8 Å². The largest absolute Gasteiger partial charge is 0.486 e. The Morgan fingerprint density at radius 3 is 2.56 bits per heavy atom. The Hall–Kier alpha value is -3.32. The number of fused-ring (bicyclic) bond motifs is 1. The maximum atomic E-state index is 12.8. The Kier molecular flexibility index (Phi) is 5.81. The molecule has 5 rings (SSSR count). The van der Waals surface area contributed by atoms with Crippen LogP contribution in [-0.4, -0.2) is 48.8 Å². The minimum atomic E-state index is -0.242. The highest BCUT2D eigenvalue weighted by Crippen LogP contribution is 2.34. The molecule has 1 atom stereocenters. The molecule has 0 spiro atoms. The van der Waals surface area contributed by atoms with Crippen LogP contribution in [0.1, 0.15) is 40.5 Å². The first-order chi connectivity index (χ1) is 15.7. The van der Waals surface area contributed by atoms with Crippen LogP contribution in [0.4, 0.5) is 0 Å². The van der Waals surface area contributed by atoms with Crippen molar-refractivity contribution in [1.29, 1.82) is 0 Å². The maximum absolute atomic E-state index is 12.8. The Morgan fingerprint density at radius 1 is 1.03 bits per heavy atom. The molecule has 1 saturated heterocycles. The summed E-state index contributed by atoms with van der Waals surface area (Å²) in [4.78, 5) is 15.3. The van der Waals surface area contributed by atoms with Crippen molar-refractivity contribution in [2.75, 3.05) is 32.8 Å². The SMILES string of the molecule is Cc1ccc(C(CNC(=O)c2cc(-c3ccc4c(c3)OCCO4)on2)N2CCCC2)cc1. The minimum absolute atomic E-state index is 0.145. The van der Waals surface area contributed by atoms with Crippen LogP contribution < -0.4 is 14.8 Å². The number of nitrogens with one attached hydrogen (secondary N) is 1. The minimum Gasteiger partial charge on any atom is -0.486 e. The van der Waals surface area contributed by atoms with Gasteiger partial charge < -0.3 is 19.3 Å². The number of nitrogens with zero attached hydrogens (tertiary/aromatic N) is 2. The molecule has 1 amide bonds. The van der Waals surface area contributed by atoms with Crippen molar-refractivity contribution in [2.45, 2.75) is 25.8 Å². The van der Waals surface area contributed by atoms with Gasteiger partial charge in [0.25, 0.3) is 5.91 Å². The first-order valence-electron chi connectivity index (χ1n) is 11.1. The van der Waals surface area contributed by atoms with Crippen molar-refractivity contribution >= 4 is 5.91 Å². The van der Waals surface area contributed by atoms with Crippen molar-refractivity contribution in [2.24, 2.45) is 0 Å². The summed E-state index contributed by atoms with van der Waals surface area (Å²) in [5, 5.41) is 7.05. The van der Waals surface area contributed by atoms with Crippen molar-refractivity contribution in [3.05, 3.63) is 65.4 Å². The van der Waals surface area contributed by atoms with E-state index >= 15 is 0 Å². The van der Waals surface area contributed by atoms with Crippen molar-refractivity contribution in [1.82, 2.24) is 15.4 Å². The number of amides is 1. The molecule has 3 aromatic rings. The summed E-state index contributed by atoms with van der Waals surface area (Å²) in [6.45, 7) is 5.76. The number of aryl methyl sites for hydroxylation is 1. The fraction of sp³-hybridized carbons (Fsp3) is 0.360. The zero-order valence-electron chi connectivity index (χ0n) is 18.2. The zero-order chi connectivity index (χ0) is 21.9. The maximum Gasteiger partial charge on any atom is 0.273 e. The predicted octanol–water partition coefficient (Wildman–Crippen LogP) is 3.99. The molecule has 2 aliphatic heterocycles. The van der Waals surface area contributed by atoms with E-state index in [0.717, 1.165) is 18.7 Å². The smallest absolute Gasteiger partial charge is 0.273 e. The van der Waals surface area contributed by atoms with Crippen LogP contribution in [0.3, 0.4) is 0 Å². The summed E-state index contributed by atoms with van der Waals surface area (Å²) in [6, 6.07) is 15.9. The van der Waals surface area contributed by atoms with Gasteiger partial charge in [0, 0.05) is 18.2 Å². The van der Waals surface area contributed by atoms with E-state index in [9.17, 15) is 4.79 Å². The molecule has 32 heavy (non-hydrogen) atoms. The van der Waals surface area contributed by atoms with Crippen molar-refractivity contribution in [3.8, 4) is 22.8 Å². The van der Waals surface area contributed by atoms with E-state index in [1.165, 1.54) is 24.0 Å². The lowest BCUT2D eigenvalue weighted by molar-refractivity contribution is 0.0929. The highest BCUT2D eigenvalue weighted by molar-refractivity contribution is 5.93. The van der Waals surface area contributed by atoms with E-state index in [2.05, 4.69) is 46.6 Å². The summed E-state index contributed by atoms with van der Waals surface area (Å²) in [5.41, 5.74) is 3.50. The monoisotopic (exact) mass is 433 g/mol. The van der Waals surface area contributed by atoms with Crippen LogP contribution in [0.2, 0.25) is 0 Å². The lowest BCUT2D eigenvalue weighted by Crippen LogP contribution is -2.36. The quantitative estimate of drug-likeness (QED) is 0.634. The first-order valence-corrected chi connectivity index (χ1v) is 11.1. The molecular formula is C25H27N3O4. The van der Waals surface area contributed by atoms with Gasteiger partial charge in [0.2, 0.25) is 0 Å². The molecule has 1 aromatic heterocycles. The second-order valence-electron chi connectivity index (χ2n) is 8.31. The van der Waals surface area contributed by atoms with E-state index in [-0.39, 0.29) is 17.6 Å². The van der Waals surface area contributed by atoms with Gasteiger partial charge in [-0.25, -0.2) is 0 Å². The standard InChI is InChI=1S/C25H27N3O4/c1-17-4-6-18(7-5-17)21(28-10-2-3-11-28)16-26-25(29)20-15-23(32-27-20)19-8-9-22-24(14-19)31-13-12-30-22/h4-9,14-15,21H,2-3,10-13,16H2,1H3,(H,26,29). The van der Waals surface area contributed by atoms with Gasteiger partial charge in [-0.3, -0.25) is 9.69 Å². The van der Waals surface area contributed by atoms with Crippen LogP contribution in [-0.2, 0) is 0 Å². The number of hydrogen-bond acceptors (Lipinski definition) is 6. The molecular weight excluding hydrogens is 406 g/mol. The fourth-order valence-electron chi connectivity index (χ4n) is 4.29. The van der Waals surface area contributed by atoms with Crippen LogP contribution in [0.15, 0.2) is 53.1 Å². The normalized spacial score (nSPS) is 16.7. The second-order valence-corrected chi connectivity index (χ2v) is 8.31. The summed E-state index contributed by atoms with van der Waals surface area (Å²) in [6.07, 6.45) is 2.39. The van der Waals surface area contributed by atoms with Gasteiger partial charge in [-0.2, -0.15) is 0 Å². The van der Waals surface area contributed by atoms with Gasteiger partial charge >= 0.3 is 0 Å². The molecule has 3 heterocycles. The number of carbonyl (C=O) groups excluding carboxylic acids is 1. The second kappa shape index (κ2) is 9.04. The molecule has 0 bridgehead atoms. The van der Waals surface area contributed by atoms with Gasteiger partial charge in [0.05, 0.1) is 6.04 Å².